The van der Waals surface area contributed by atoms with Crippen molar-refractivity contribution < 1.29 is 10.0 Å². The summed E-state index contributed by atoms with van der Waals surface area (Å²) >= 11 is 3.18. The quantitative estimate of drug-likeness (QED) is 0.655. The summed E-state index contributed by atoms with van der Waals surface area (Å²) in [4.78, 5) is 14.7. The standard InChI is InChI=1S/C12H16BrN3O3/c13-9-5-11(16(18)19)12(14-6-9)15-10-4-2-1-3-8(10)7-17/h5-6,8,10,17H,1-4,7H2,(H,14,15). The summed E-state index contributed by atoms with van der Waals surface area (Å²) in [6.45, 7) is 0.0992. The molecule has 0 spiro atoms. The number of hydrogen-bond acceptors (Lipinski definition) is 5. The lowest BCUT2D eigenvalue weighted by atomic mass is 9.85. The molecule has 0 amide bonds. The lowest BCUT2D eigenvalue weighted by Gasteiger charge is -2.31. The Morgan fingerprint density at radius 2 is 2.26 bits per heavy atom. The van der Waals surface area contributed by atoms with E-state index in [4.69, 9.17) is 0 Å². The minimum atomic E-state index is -0.448. The minimum Gasteiger partial charge on any atom is -0.396 e. The fourth-order valence-electron chi connectivity index (χ4n) is 2.47. The van der Waals surface area contributed by atoms with Crippen molar-refractivity contribution in [3.63, 3.8) is 0 Å². The van der Waals surface area contributed by atoms with Crippen LogP contribution < -0.4 is 5.32 Å². The van der Waals surface area contributed by atoms with Crippen molar-refractivity contribution in [2.75, 3.05) is 11.9 Å². The molecule has 6 nitrogen and oxygen atoms in total. The van der Waals surface area contributed by atoms with Gasteiger partial charge in [-0.2, -0.15) is 0 Å². The molecule has 1 fully saturated rings. The highest BCUT2D eigenvalue weighted by Crippen LogP contribution is 2.31. The lowest BCUT2D eigenvalue weighted by Crippen LogP contribution is -2.34. The maximum atomic E-state index is 11.0. The van der Waals surface area contributed by atoms with Gasteiger partial charge >= 0.3 is 5.69 Å². The summed E-state index contributed by atoms with van der Waals surface area (Å²) in [7, 11) is 0. The second-order valence-corrected chi connectivity index (χ2v) is 5.67. The summed E-state index contributed by atoms with van der Waals surface area (Å²) in [5.41, 5.74) is -0.0448. The number of nitrogens with zero attached hydrogens (tertiary/aromatic N) is 2. The number of anilines is 1. The molecule has 1 saturated carbocycles. The predicted octanol–water partition coefficient (Wildman–Crippen LogP) is 2.72. The molecule has 2 rings (SSSR count). The molecule has 2 unspecified atom stereocenters. The first kappa shape index (κ1) is 14.2. The summed E-state index contributed by atoms with van der Waals surface area (Å²) < 4.78 is 0.576. The highest BCUT2D eigenvalue weighted by atomic mass is 79.9. The van der Waals surface area contributed by atoms with Crippen LogP contribution in [0.1, 0.15) is 25.7 Å². The fourth-order valence-corrected chi connectivity index (χ4v) is 2.79. The summed E-state index contributed by atoms with van der Waals surface area (Å²) in [6.07, 6.45) is 5.54. The number of rotatable bonds is 4. The van der Waals surface area contributed by atoms with Gasteiger partial charge in [0, 0.05) is 35.3 Å². The highest BCUT2D eigenvalue weighted by molar-refractivity contribution is 9.10. The molecular formula is C12H16BrN3O3. The Morgan fingerprint density at radius 3 is 2.95 bits per heavy atom. The first-order valence-corrected chi connectivity index (χ1v) is 7.08. The number of nitrogens with one attached hydrogen (secondary N) is 1. The molecule has 0 saturated heterocycles. The van der Waals surface area contributed by atoms with Gasteiger partial charge in [-0.3, -0.25) is 10.1 Å². The molecule has 19 heavy (non-hydrogen) atoms. The molecule has 7 heteroatoms. The summed E-state index contributed by atoms with van der Waals surface area (Å²) in [5, 5.41) is 23.5. The molecule has 1 heterocycles. The van der Waals surface area contributed by atoms with Gasteiger partial charge in [-0.25, -0.2) is 4.98 Å². The predicted molar refractivity (Wildman–Crippen MR) is 75.0 cm³/mol. The largest absolute Gasteiger partial charge is 0.396 e. The third-order valence-electron chi connectivity index (χ3n) is 3.50. The average Bonchev–Trinajstić information content (AvgIpc) is 2.41. The van der Waals surface area contributed by atoms with Crippen LogP contribution in [0.15, 0.2) is 16.7 Å². The number of nitro groups is 1. The SMILES string of the molecule is O=[N+]([O-])c1cc(Br)cnc1NC1CCCCC1CO. The topological polar surface area (TPSA) is 88.3 Å². The molecular weight excluding hydrogens is 314 g/mol. The Morgan fingerprint density at radius 1 is 1.53 bits per heavy atom. The maximum Gasteiger partial charge on any atom is 0.312 e. The molecule has 2 atom stereocenters. The van der Waals surface area contributed by atoms with E-state index >= 15 is 0 Å². The van der Waals surface area contributed by atoms with Crippen LogP contribution in [0.4, 0.5) is 11.5 Å². The average molecular weight is 330 g/mol. The van der Waals surface area contributed by atoms with Gasteiger partial charge in [0.05, 0.1) is 4.92 Å². The van der Waals surface area contributed by atoms with E-state index < -0.39 is 4.92 Å². The third kappa shape index (κ3) is 3.42. The van der Waals surface area contributed by atoms with Crippen LogP contribution in [0, 0.1) is 16.0 Å². The van der Waals surface area contributed by atoms with E-state index in [1.165, 1.54) is 12.3 Å². The maximum absolute atomic E-state index is 11.0. The van der Waals surface area contributed by atoms with Crippen LogP contribution in [0.5, 0.6) is 0 Å². The van der Waals surface area contributed by atoms with Crippen molar-refractivity contribution in [1.82, 2.24) is 4.98 Å². The zero-order valence-corrected chi connectivity index (χ0v) is 12.0. The molecule has 1 aromatic heterocycles. The molecule has 1 aliphatic rings. The van der Waals surface area contributed by atoms with E-state index in [1.54, 1.807) is 0 Å². The van der Waals surface area contributed by atoms with Gasteiger partial charge in [0.2, 0.25) is 5.82 Å². The normalized spacial score (nSPS) is 23.1. The van der Waals surface area contributed by atoms with E-state index in [1.807, 2.05) is 0 Å². The molecule has 2 N–H and O–H groups in total. The monoisotopic (exact) mass is 329 g/mol. The van der Waals surface area contributed by atoms with Gasteiger partial charge in [-0.05, 0) is 28.8 Å². The number of hydrogen-bond donors (Lipinski definition) is 2. The highest BCUT2D eigenvalue weighted by Gasteiger charge is 2.27. The van der Waals surface area contributed by atoms with Crippen LogP contribution in [0.25, 0.3) is 0 Å². The first-order chi connectivity index (χ1) is 9.11. The molecule has 0 bridgehead atoms. The molecule has 0 aliphatic heterocycles. The van der Waals surface area contributed by atoms with E-state index in [2.05, 4.69) is 26.2 Å². The minimum absolute atomic E-state index is 0.0448. The summed E-state index contributed by atoms with van der Waals surface area (Å²) in [5.74, 6) is 0.414. The van der Waals surface area contributed by atoms with Gasteiger partial charge in [0.1, 0.15) is 0 Å². The number of halogens is 1. The molecule has 1 aromatic rings. The van der Waals surface area contributed by atoms with E-state index in [0.29, 0.717) is 4.47 Å². The van der Waals surface area contributed by atoms with Crippen LogP contribution in [0.3, 0.4) is 0 Å². The van der Waals surface area contributed by atoms with E-state index in [9.17, 15) is 15.2 Å². The van der Waals surface area contributed by atoms with Crippen LogP contribution >= 0.6 is 15.9 Å². The van der Waals surface area contributed by atoms with Crippen molar-refractivity contribution in [2.45, 2.75) is 31.7 Å². The Kier molecular flexibility index (Phi) is 4.71. The molecule has 104 valence electrons. The van der Waals surface area contributed by atoms with Crippen molar-refractivity contribution in [3.05, 3.63) is 26.9 Å². The van der Waals surface area contributed by atoms with Crippen molar-refractivity contribution in [2.24, 2.45) is 5.92 Å². The Balaban J connectivity index is 2.20. The number of pyridine rings is 1. The van der Waals surface area contributed by atoms with Gasteiger partial charge in [0.15, 0.2) is 0 Å². The zero-order valence-electron chi connectivity index (χ0n) is 10.4. The van der Waals surface area contributed by atoms with E-state index in [-0.39, 0.29) is 30.1 Å². The van der Waals surface area contributed by atoms with Crippen LogP contribution in [-0.4, -0.2) is 27.7 Å². The van der Waals surface area contributed by atoms with Gasteiger partial charge < -0.3 is 10.4 Å². The van der Waals surface area contributed by atoms with Gasteiger partial charge in [-0.15, -0.1) is 0 Å². The Hall–Kier alpha value is -1.21. The van der Waals surface area contributed by atoms with Gasteiger partial charge in [-0.1, -0.05) is 12.8 Å². The van der Waals surface area contributed by atoms with E-state index in [0.717, 1.165) is 25.7 Å². The van der Waals surface area contributed by atoms with Crippen molar-refractivity contribution in [3.8, 4) is 0 Å². The fraction of sp³-hybridized carbons (Fsp3) is 0.583. The van der Waals surface area contributed by atoms with Gasteiger partial charge in [0.25, 0.3) is 0 Å². The number of aromatic nitrogens is 1. The molecule has 0 aromatic carbocycles. The number of aliphatic hydroxyl groups is 1. The second-order valence-electron chi connectivity index (χ2n) is 4.76. The second kappa shape index (κ2) is 6.29. The Bertz CT molecular complexity index is 470. The zero-order chi connectivity index (χ0) is 13.8. The molecule has 0 radical (unpaired) electrons. The van der Waals surface area contributed by atoms with Crippen LogP contribution in [0.2, 0.25) is 0 Å². The first-order valence-electron chi connectivity index (χ1n) is 6.29. The summed E-state index contributed by atoms with van der Waals surface area (Å²) in [6, 6.07) is 1.48. The molecule has 1 aliphatic carbocycles. The lowest BCUT2D eigenvalue weighted by molar-refractivity contribution is -0.384. The smallest absolute Gasteiger partial charge is 0.312 e. The van der Waals surface area contributed by atoms with Crippen LogP contribution in [-0.2, 0) is 0 Å². The number of aliphatic hydroxyl groups excluding tert-OH is 1. The Labute approximate surface area is 119 Å². The third-order valence-corrected chi connectivity index (χ3v) is 3.93. The van der Waals surface area contributed by atoms with Crippen molar-refractivity contribution >= 4 is 27.4 Å². The van der Waals surface area contributed by atoms with Crippen molar-refractivity contribution in [1.29, 1.82) is 0 Å².